The summed E-state index contributed by atoms with van der Waals surface area (Å²) in [6.45, 7) is 4.44. The van der Waals surface area contributed by atoms with E-state index in [2.05, 4.69) is 47.5 Å². The normalized spacial score (nSPS) is 18.3. The molecule has 2 aliphatic rings. The Balaban J connectivity index is 1.15. The summed E-state index contributed by atoms with van der Waals surface area (Å²) in [6, 6.07) is 4.20. The molecular weight excluding hydrogens is 851 g/mol. The Kier molecular flexibility index (Phi) is 20.1. The number of thioether (sulfide) groups is 1. The number of carbonyl (C=O) groups excluding carboxylic acids is 9. The van der Waals surface area contributed by atoms with Crippen molar-refractivity contribution in [3.8, 4) is 0 Å². The zero-order valence-electron chi connectivity index (χ0n) is 36.5. The van der Waals surface area contributed by atoms with Crippen LogP contribution in [0.15, 0.2) is 30.5 Å². The zero-order chi connectivity index (χ0) is 46.8. The first-order valence-corrected chi connectivity index (χ1v) is 22.8. The third-order valence-electron chi connectivity index (χ3n) is 11.0. The van der Waals surface area contributed by atoms with Crippen LogP contribution in [0.2, 0.25) is 0 Å². The second kappa shape index (κ2) is 25.4. The van der Waals surface area contributed by atoms with Crippen molar-refractivity contribution in [3.63, 3.8) is 0 Å². The van der Waals surface area contributed by atoms with E-state index in [1.165, 1.54) is 12.4 Å². The summed E-state index contributed by atoms with van der Waals surface area (Å²) in [5.74, 6) is -5.01. The lowest BCUT2D eigenvalue weighted by molar-refractivity contribution is -0.137. The van der Waals surface area contributed by atoms with Crippen LogP contribution in [0.3, 0.4) is 0 Å². The lowest BCUT2D eigenvalue weighted by Crippen LogP contribution is -2.55. The highest BCUT2D eigenvalue weighted by molar-refractivity contribution is 8.00. The molecule has 352 valence electrons. The standard InChI is InChI=1S/C42H63N11O10S/c1-23(2)16-25(18-34(55)53-63)40(60)50-30(17-26-19-45-28-11-5-4-10-27(26)28)41(61)48-24(3)39(59)47-20-35(56)46-21-36(57)49-29(38(43)58)12-8-9-15-44-33(54)14-7-6-13-32-37-31(22-64-32)51-42(62)52-37/h4-5,10-11,19,23-25,29-32,37,45,63H,6-9,12-18,20-22H2,1-3H3,(H2,43,58)(H,44,54)(H,46,56)(H,47,59)(H,48,61)(H,49,57)(H,50,60)(H,53,55)(H2,51,52,62)/t24-,25?,29-,30-,31-,32-,37-/m0/s1. The van der Waals surface area contributed by atoms with Gasteiger partial charge in [0.1, 0.15) is 18.1 Å². The number of nitrogens with two attached hydrogens (primary N) is 1. The van der Waals surface area contributed by atoms with Gasteiger partial charge in [-0.1, -0.05) is 38.5 Å². The second-order valence-corrected chi connectivity index (χ2v) is 17.9. The van der Waals surface area contributed by atoms with Crippen LogP contribution in [-0.2, 0) is 44.8 Å². The molecule has 2 fully saturated rings. The molecule has 1 unspecified atom stereocenters. The minimum atomic E-state index is -1.18. The van der Waals surface area contributed by atoms with E-state index >= 15 is 0 Å². The number of hydroxylamine groups is 1. The van der Waals surface area contributed by atoms with Gasteiger partial charge in [0.25, 0.3) is 0 Å². The highest BCUT2D eigenvalue weighted by Crippen LogP contribution is 2.33. The summed E-state index contributed by atoms with van der Waals surface area (Å²) >= 11 is 1.84. The summed E-state index contributed by atoms with van der Waals surface area (Å²) in [7, 11) is 0. The van der Waals surface area contributed by atoms with Gasteiger partial charge < -0.3 is 53.3 Å². The van der Waals surface area contributed by atoms with Crippen LogP contribution < -0.4 is 53.7 Å². The number of aromatic nitrogens is 1. The molecular formula is C42H63N11O10S. The third kappa shape index (κ3) is 16.3. The number of hydrogen-bond donors (Lipinski definition) is 12. The predicted octanol–water partition coefficient (Wildman–Crippen LogP) is -0.527. The summed E-state index contributed by atoms with van der Waals surface area (Å²) in [6.07, 6.45) is 5.84. The zero-order valence-corrected chi connectivity index (χ0v) is 37.3. The fraction of sp³-hybridized carbons (Fsp3) is 0.595. The van der Waals surface area contributed by atoms with Crippen LogP contribution in [0.1, 0.15) is 84.1 Å². The topological polar surface area (TPSA) is 324 Å². The van der Waals surface area contributed by atoms with Gasteiger partial charge >= 0.3 is 6.03 Å². The SMILES string of the molecule is CC(C)CC(CC(=O)NO)C(=O)N[C@@H](Cc1c[nH]c2ccccc12)C(=O)N[C@@H](C)C(=O)NCC(=O)NCC(=O)N[C@@H](CCCCNC(=O)CCCC[C@@H]1SC[C@@H]2NC(=O)N[C@@H]21)C(N)=O. The molecule has 2 aromatic rings. The highest BCUT2D eigenvalue weighted by atomic mass is 32.2. The molecule has 13 N–H and O–H groups in total. The number of amides is 10. The number of urea groups is 1. The van der Waals surface area contributed by atoms with E-state index in [9.17, 15) is 43.2 Å². The molecule has 22 heteroatoms. The van der Waals surface area contributed by atoms with E-state index < -0.39 is 78.5 Å². The molecule has 10 amide bonds. The maximum Gasteiger partial charge on any atom is 0.315 e. The van der Waals surface area contributed by atoms with Gasteiger partial charge in [-0.15, -0.1) is 0 Å². The van der Waals surface area contributed by atoms with E-state index in [0.717, 1.165) is 35.9 Å². The number of para-hydroxylation sites is 1. The molecule has 7 atom stereocenters. The molecule has 2 aliphatic heterocycles. The van der Waals surface area contributed by atoms with Crippen molar-refractivity contribution < 1.29 is 48.4 Å². The first-order chi connectivity index (χ1) is 30.5. The van der Waals surface area contributed by atoms with Crippen molar-refractivity contribution in [1.82, 2.24) is 53.0 Å². The molecule has 3 heterocycles. The number of carbonyl (C=O) groups is 9. The molecule has 0 radical (unpaired) electrons. The van der Waals surface area contributed by atoms with Crippen molar-refractivity contribution >= 4 is 76.0 Å². The van der Waals surface area contributed by atoms with Crippen LogP contribution in [0.25, 0.3) is 10.9 Å². The number of unbranched alkanes of at least 4 members (excludes halogenated alkanes) is 2. The van der Waals surface area contributed by atoms with Crippen LogP contribution in [0, 0.1) is 11.8 Å². The van der Waals surface area contributed by atoms with Gasteiger partial charge in [-0.25, -0.2) is 10.3 Å². The summed E-state index contributed by atoms with van der Waals surface area (Å²) in [5, 5.41) is 31.5. The van der Waals surface area contributed by atoms with Gasteiger partial charge in [0.2, 0.25) is 47.3 Å². The maximum atomic E-state index is 13.6. The Morgan fingerprint density at radius 1 is 0.812 bits per heavy atom. The van der Waals surface area contributed by atoms with Gasteiger partial charge in [0.15, 0.2) is 0 Å². The molecule has 1 aromatic carbocycles. The largest absolute Gasteiger partial charge is 0.368 e. The summed E-state index contributed by atoms with van der Waals surface area (Å²) < 4.78 is 0. The van der Waals surface area contributed by atoms with Crippen LogP contribution >= 0.6 is 11.8 Å². The van der Waals surface area contributed by atoms with Crippen LogP contribution in [-0.4, -0.2) is 124 Å². The van der Waals surface area contributed by atoms with Gasteiger partial charge in [0, 0.05) is 59.8 Å². The predicted molar refractivity (Wildman–Crippen MR) is 237 cm³/mol. The van der Waals surface area contributed by atoms with E-state index in [-0.39, 0.29) is 49.2 Å². The number of fused-ring (bicyclic) bond motifs is 2. The second-order valence-electron chi connectivity index (χ2n) is 16.7. The lowest BCUT2D eigenvalue weighted by Gasteiger charge is -2.24. The Morgan fingerprint density at radius 3 is 2.30 bits per heavy atom. The third-order valence-corrected chi connectivity index (χ3v) is 12.5. The molecule has 0 spiro atoms. The molecule has 2 saturated heterocycles. The Hall–Kier alpha value is -5.90. The van der Waals surface area contributed by atoms with Gasteiger partial charge in [0.05, 0.1) is 25.2 Å². The van der Waals surface area contributed by atoms with E-state index in [1.807, 2.05) is 49.9 Å². The molecule has 0 saturated carbocycles. The number of benzene rings is 1. The molecule has 64 heavy (non-hydrogen) atoms. The Morgan fingerprint density at radius 2 is 1.56 bits per heavy atom. The molecule has 21 nitrogen and oxygen atoms in total. The summed E-state index contributed by atoms with van der Waals surface area (Å²) in [4.78, 5) is 116. The lowest BCUT2D eigenvalue weighted by atomic mass is 9.92. The van der Waals surface area contributed by atoms with Crippen LogP contribution in [0.5, 0.6) is 0 Å². The number of primary amides is 1. The summed E-state index contributed by atoms with van der Waals surface area (Å²) in [5.41, 5.74) is 8.54. The molecule has 0 bridgehead atoms. The van der Waals surface area contributed by atoms with E-state index in [4.69, 9.17) is 10.9 Å². The smallest absolute Gasteiger partial charge is 0.315 e. The van der Waals surface area contributed by atoms with Gasteiger partial charge in [-0.3, -0.25) is 43.6 Å². The quantitative estimate of drug-likeness (QED) is 0.0234. The molecule has 4 rings (SSSR count). The van der Waals surface area contributed by atoms with Crippen molar-refractivity contribution in [3.05, 3.63) is 36.0 Å². The Bertz CT molecular complexity index is 1980. The minimum Gasteiger partial charge on any atom is -0.368 e. The fourth-order valence-electron chi connectivity index (χ4n) is 7.68. The maximum absolute atomic E-state index is 13.6. The minimum absolute atomic E-state index is 0.00859. The average molecular weight is 914 g/mol. The average Bonchev–Trinajstić information content (AvgIpc) is 3.96. The first kappa shape index (κ1) is 50.7. The fourth-order valence-corrected chi connectivity index (χ4v) is 9.22. The van der Waals surface area contributed by atoms with E-state index in [1.54, 1.807) is 6.20 Å². The van der Waals surface area contributed by atoms with E-state index in [0.29, 0.717) is 43.0 Å². The number of aromatic amines is 1. The van der Waals surface area contributed by atoms with Gasteiger partial charge in [-0.2, -0.15) is 11.8 Å². The van der Waals surface area contributed by atoms with Crippen molar-refractivity contribution in [2.75, 3.05) is 25.4 Å². The van der Waals surface area contributed by atoms with Crippen molar-refractivity contribution in [2.45, 2.75) is 120 Å². The number of rotatable bonds is 27. The first-order valence-electron chi connectivity index (χ1n) is 21.7. The van der Waals surface area contributed by atoms with Crippen molar-refractivity contribution in [1.29, 1.82) is 0 Å². The molecule has 1 aromatic heterocycles. The number of nitrogens with one attached hydrogen (secondary N) is 10. The number of H-pyrrole nitrogens is 1. The monoisotopic (exact) mass is 913 g/mol. The Labute approximate surface area is 375 Å². The van der Waals surface area contributed by atoms with Crippen LogP contribution in [0.4, 0.5) is 4.79 Å². The van der Waals surface area contributed by atoms with Crippen molar-refractivity contribution in [2.24, 2.45) is 17.6 Å². The highest BCUT2D eigenvalue weighted by Gasteiger charge is 2.42. The van der Waals surface area contributed by atoms with Gasteiger partial charge in [-0.05, 0) is 63.0 Å². The molecule has 0 aliphatic carbocycles. The number of hydrogen-bond acceptors (Lipinski definition) is 11.